The van der Waals surface area contributed by atoms with Crippen molar-refractivity contribution in [3.63, 3.8) is 0 Å². The quantitative estimate of drug-likeness (QED) is 0.0198. The number of carbonyl (C=O) groups excluding carboxylic acids is 1. The normalized spacial score (nSPS) is 14.2. The zero-order chi connectivity index (χ0) is 44.1. The highest BCUT2D eigenvalue weighted by Crippen LogP contribution is 2.38. The number of unbranched alkanes of at least 4 members (excludes halogenated alkanes) is 21. The monoisotopic (exact) mass is 864 g/mol. The number of allylic oxidation sites excluding steroid dienone is 10. The first-order valence-corrected chi connectivity index (χ1v) is 26.0. The molecule has 0 saturated carbocycles. The van der Waals surface area contributed by atoms with Gasteiger partial charge in [-0.3, -0.25) is 9.36 Å². The van der Waals surface area contributed by atoms with Gasteiger partial charge in [0.1, 0.15) is 19.3 Å². The van der Waals surface area contributed by atoms with Gasteiger partial charge in [-0.2, -0.15) is 0 Å². The first kappa shape index (κ1) is 58.2. The summed E-state index contributed by atoms with van der Waals surface area (Å²) < 4.78 is 34.7. The van der Waals surface area contributed by atoms with Crippen molar-refractivity contribution in [2.45, 2.75) is 206 Å². The summed E-state index contributed by atoms with van der Waals surface area (Å²) in [5, 5.41) is 0. The molecule has 0 fully saturated rings. The van der Waals surface area contributed by atoms with E-state index in [0.29, 0.717) is 24.1 Å². The summed E-state index contributed by atoms with van der Waals surface area (Å²) in [5.74, 6) is -0.346. The largest absolute Gasteiger partial charge is 0.756 e. The van der Waals surface area contributed by atoms with E-state index >= 15 is 0 Å². The molecule has 0 aliphatic rings. The molecular formula is C51H94NO7P. The van der Waals surface area contributed by atoms with Gasteiger partial charge in [0, 0.05) is 13.0 Å². The van der Waals surface area contributed by atoms with E-state index in [1.165, 1.54) is 109 Å². The lowest BCUT2D eigenvalue weighted by molar-refractivity contribution is -0.870. The average molecular weight is 864 g/mol. The number of rotatable bonds is 45. The lowest BCUT2D eigenvalue weighted by Crippen LogP contribution is -2.37. The summed E-state index contributed by atoms with van der Waals surface area (Å²) in [5.41, 5.74) is 0. The van der Waals surface area contributed by atoms with E-state index in [2.05, 4.69) is 74.6 Å². The van der Waals surface area contributed by atoms with Crippen molar-refractivity contribution in [2.75, 3.05) is 54.1 Å². The Morgan fingerprint density at radius 1 is 0.517 bits per heavy atom. The molecule has 60 heavy (non-hydrogen) atoms. The number of carbonyl (C=O) groups is 1. The number of hydrogen-bond donors (Lipinski definition) is 0. The molecule has 0 saturated heterocycles. The smallest absolute Gasteiger partial charge is 0.306 e. The van der Waals surface area contributed by atoms with Gasteiger partial charge in [-0.25, -0.2) is 0 Å². The van der Waals surface area contributed by atoms with Crippen LogP contribution in [-0.4, -0.2) is 70.7 Å². The zero-order valence-corrected chi connectivity index (χ0v) is 40.5. The fourth-order valence-electron chi connectivity index (χ4n) is 6.45. The number of esters is 1. The van der Waals surface area contributed by atoms with Gasteiger partial charge in [0.15, 0.2) is 0 Å². The Hall–Kier alpha value is -1.80. The van der Waals surface area contributed by atoms with Crippen molar-refractivity contribution in [3.05, 3.63) is 60.8 Å². The van der Waals surface area contributed by atoms with Crippen LogP contribution in [0.15, 0.2) is 60.8 Å². The Labute approximate surface area is 370 Å². The van der Waals surface area contributed by atoms with Gasteiger partial charge in [0.2, 0.25) is 0 Å². The molecule has 0 N–H and O–H groups in total. The van der Waals surface area contributed by atoms with E-state index in [-0.39, 0.29) is 25.8 Å². The van der Waals surface area contributed by atoms with Crippen molar-refractivity contribution in [1.29, 1.82) is 0 Å². The van der Waals surface area contributed by atoms with Crippen LogP contribution in [0.2, 0.25) is 0 Å². The molecule has 8 nitrogen and oxygen atoms in total. The maximum Gasteiger partial charge on any atom is 0.306 e. The van der Waals surface area contributed by atoms with E-state index in [1.54, 1.807) is 0 Å². The molecule has 2 unspecified atom stereocenters. The third kappa shape index (κ3) is 47.3. The van der Waals surface area contributed by atoms with E-state index in [0.717, 1.165) is 70.6 Å². The molecular weight excluding hydrogens is 770 g/mol. The third-order valence-corrected chi connectivity index (χ3v) is 11.3. The minimum Gasteiger partial charge on any atom is -0.756 e. The molecule has 0 heterocycles. The van der Waals surface area contributed by atoms with Crippen molar-refractivity contribution in [1.82, 2.24) is 0 Å². The van der Waals surface area contributed by atoms with Crippen LogP contribution < -0.4 is 4.89 Å². The predicted octanol–water partition coefficient (Wildman–Crippen LogP) is 14.3. The van der Waals surface area contributed by atoms with E-state index in [1.807, 2.05) is 21.1 Å². The van der Waals surface area contributed by atoms with E-state index < -0.39 is 13.9 Å². The summed E-state index contributed by atoms with van der Waals surface area (Å²) in [6, 6.07) is 0. The minimum absolute atomic E-state index is 0.0199. The average Bonchev–Trinajstić information content (AvgIpc) is 3.20. The van der Waals surface area contributed by atoms with Crippen LogP contribution in [0, 0.1) is 0 Å². The maximum absolute atomic E-state index is 12.7. The molecule has 0 aliphatic carbocycles. The first-order valence-electron chi connectivity index (χ1n) is 24.5. The molecule has 0 aromatic heterocycles. The molecule has 9 heteroatoms. The molecule has 0 rings (SSSR count). The first-order chi connectivity index (χ1) is 29.1. The van der Waals surface area contributed by atoms with Crippen LogP contribution in [0.4, 0.5) is 0 Å². The second-order valence-corrected chi connectivity index (χ2v) is 18.9. The summed E-state index contributed by atoms with van der Waals surface area (Å²) in [6.07, 6.45) is 55.2. The molecule has 0 spiro atoms. The van der Waals surface area contributed by atoms with Gasteiger partial charge in [0.05, 0.1) is 34.4 Å². The molecule has 0 aromatic carbocycles. The third-order valence-electron chi connectivity index (χ3n) is 10.3. The zero-order valence-electron chi connectivity index (χ0n) is 39.6. The van der Waals surface area contributed by atoms with Crippen LogP contribution >= 0.6 is 7.82 Å². The summed E-state index contributed by atoms with van der Waals surface area (Å²) in [4.78, 5) is 25.1. The Balaban J connectivity index is 4.19. The van der Waals surface area contributed by atoms with Gasteiger partial charge < -0.3 is 27.9 Å². The number of likely N-dealkylation sites (N-methyl/N-ethyl adjacent to an activating group) is 1. The number of quaternary nitrogens is 1. The van der Waals surface area contributed by atoms with Crippen LogP contribution in [0.3, 0.4) is 0 Å². The molecule has 0 bridgehead atoms. The highest BCUT2D eigenvalue weighted by molar-refractivity contribution is 7.45. The molecule has 0 amide bonds. The molecule has 350 valence electrons. The van der Waals surface area contributed by atoms with Crippen LogP contribution in [0.1, 0.15) is 200 Å². The van der Waals surface area contributed by atoms with E-state index in [9.17, 15) is 14.3 Å². The van der Waals surface area contributed by atoms with Crippen LogP contribution in [0.5, 0.6) is 0 Å². The predicted molar refractivity (Wildman–Crippen MR) is 254 cm³/mol. The van der Waals surface area contributed by atoms with Crippen LogP contribution in [-0.2, 0) is 27.9 Å². The van der Waals surface area contributed by atoms with Gasteiger partial charge in [-0.1, -0.05) is 177 Å². The highest BCUT2D eigenvalue weighted by atomic mass is 31.2. The minimum atomic E-state index is -4.54. The van der Waals surface area contributed by atoms with Crippen molar-refractivity contribution in [2.24, 2.45) is 0 Å². The van der Waals surface area contributed by atoms with Crippen LogP contribution in [0.25, 0.3) is 0 Å². The maximum atomic E-state index is 12.7. The Morgan fingerprint density at radius 3 is 1.42 bits per heavy atom. The SMILES string of the molecule is CCCC/C=C\C/C=C\CCCCCCCCOCC(COP(=O)([O-])OCC[N+](C)(C)C)OC(=O)CCCCCCCCCC/C=C\C/C=C\C/C=C\CCCCCCC. The van der Waals surface area contributed by atoms with Crippen molar-refractivity contribution >= 4 is 13.8 Å². The molecule has 0 radical (unpaired) electrons. The number of nitrogens with zero attached hydrogens (tertiary/aromatic N) is 1. The lowest BCUT2D eigenvalue weighted by atomic mass is 10.1. The number of phosphoric acid groups is 1. The van der Waals surface area contributed by atoms with Gasteiger partial charge in [0.25, 0.3) is 7.82 Å². The number of ether oxygens (including phenoxy) is 2. The fraction of sp³-hybridized carbons (Fsp3) is 0.784. The topological polar surface area (TPSA) is 94.1 Å². The van der Waals surface area contributed by atoms with Gasteiger partial charge >= 0.3 is 5.97 Å². The number of hydrogen-bond acceptors (Lipinski definition) is 7. The number of phosphoric ester groups is 1. The Bertz CT molecular complexity index is 1140. The Morgan fingerprint density at radius 2 is 0.933 bits per heavy atom. The summed E-state index contributed by atoms with van der Waals surface area (Å²) in [6.45, 7) is 5.33. The molecule has 2 atom stereocenters. The lowest BCUT2D eigenvalue weighted by Gasteiger charge is -2.28. The van der Waals surface area contributed by atoms with Crippen molar-refractivity contribution < 1.29 is 37.3 Å². The van der Waals surface area contributed by atoms with Gasteiger partial charge in [-0.15, -0.1) is 0 Å². The standard InChI is InChI=1S/C51H94NO7P/c1-6-8-10-12-14-16-18-20-22-23-24-25-26-27-28-29-30-32-34-36-38-40-42-44-51(53)59-50(49-58-60(54,55)57-47-45-52(3,4)5)48-56-46-43-41-39-37-35-33-31-21-19-17-15-13-11-9-7-2/h13,15,18-21,23-24,26-27,50H,6-12,14,16-17,22,25,28-49H2,1-5H3/b15-13-,20-18-,21-19-,24-23-,27-26-. The fourth-order valence-corrected chi connectivity index (χ4v) is 7.18. The van der Waals surface area contributed by atoms with E-state index in [4.69, 9.17) is 18.5 Å². The van der Waals surface area contributed by atoms with Gasteiger partial charge in [-0.05, 0) is 77.0 Å². The second-order valence-electron chi connectivity index (χ2n) is 17.5. The second kappa shape index (κ2) is 43.8. The molecule has 0 aromatic rings. The summed E-state index contributed by atoms with van der Waals surface area (Å²) in [7, 11) is 1.34. The summed E-state index contributed by atoms with van der Waals surface area (Å²) >= 11 is 0. The molecule has 0 aliphatic heterocycles. The van der Waals surface area contributed by atoms with Crippen molar-refractivity contribution in [3.8, 4) is 0 Å². The highest BCUT2D eigenvalue weighted by Gasteiger charge is 2.20. The Kier molecular flexibility index (Phi) is 42.5.